The van der Waals surface area contributed by atoms with Gasteiger partial charge in [-0.2, -0.15) is 4.98 Å². The van der Waals surface area contributed by atoms with Crippen molar-refractivity contribution in [2.45, 2.75) is 24.6 Å². The topological polar surface area (TPSA) is 111 Å². The quantitative estimate of drug-likeness (QED) is 0.579. The van der Waals surface area contributed by atoms with E-state index >= 15 is 0 Å². The molecule has 2 rings (SSSR count). The fourth-order valence-electron chi connectivity index (χ4n) is 1.70. The molecule has 4 atom stereocenters. The van der Waals surface area contributed by atoms with Crippen LogP contribution in [0, 0.1) is 0 Å². The third kappa shape index (κ3) is 2.02. The lowest BCUT2D eigenvalue weighted by Crippen LogP contribution is -2.33. The fourth-order valence-corrected chi connectivity index (χ4v) is 1.70. The summed E-state index contributed by atoms with van der Waals surface area (Å²) in [6.45, 7) is -0.533. The first-order valence-corrected chi connectivity index (χ1v) is 4.97. The highest BCUT2D eigenvalue weighted by molar-refractivity contribution is 5.23. The Morgan fingerprint density at radius 3 is 2.88 bits per heavy atom. The molecule has 7 nitrogen and oxygen atoms in total. The molecule has 0 spiro atoms. The molecule has 1 aliphatic heterocycles. The van der Waals surface area contributed by atoms with Gasteiger partial charge in [-0.1, -0.05) is 0 Å². The number of aromatic nitrogens is 2. The number of nitrogens with two attached hydrogens (primary N) is 1. The predicted molar refractivity (Wildman–Crippen MR) is 54.8 cm³/mol. The van der Waals surface area contributed by atoms with Gasteiger partial charge in [0.25, 0.3) is 0 Å². The summed E-state index contributed by atoms with van der Waals surface area (Å²) in [5, 5.41) is 18.3. The zero-order valence-corrected chi connectivity index (χ0v) is 8.73. The van der Waals surface area contributed by atoms with Crippen molar-refractivity contribution in [2.75, 3.05) is 12.3 Å². The van der Waals surface area contributed by atoms with Crippen LogP contribution in [0.15, 0.2) is 17.1 Å². The van der Waals surface area contributed by atoms with Crippen LogP contribution in [0.1, 0.15) is 6.23 Å². The van der Waals surface area contributed by atoms with Crippen LogP contribution in [0.25, 0.3) is 0 Å². The highest BCUT2D eigenvalue weighted by Gasteiger charge is 2.45. The van der Waals surface area contributed by atoms with E-state index in [9.17, 15) is 14.3 Å². The Morgan fingerprint density at radius 2 is 2.35 bits per heavy atom. The van der Waals surface area contributed by atoms with Gasteiger partial charge in [-0.3, -0.25) is 4.57 Å². The Morgan fingerprint density at radius 1 is 1.65 bits per heavy atom. The van der Waals surface area contributed by atoms with Gasteiger partial charge < -0.3 is 20.7 Å². The Hall–Kier alpha value is -1.51. The fraction of sp³-hybridized carbons (Fsp3) is 0.556. The Bertz CT molecular complexity index is 466. The third-order valence-corrected chi connectivity index (χ3v) is 2.60. The second-order valence-electron chi connectivity index (χ2n) is 3.72. The van der Waals surface area contributed by atoms with Crippen molar-refractivity contribution in [2.24, 2.45) is 0 Å². The van der Waals surface area contributed by atoms with Gasteiger partial charge >= 0.3 is 5.69 Å². The van der Waals surface area contributed by atoms with Crippen molar-refractivity contribution < 1.29 is 19.3 Å². The molecule has 1 unspecified atom stereocenters. The number of aliphatic hydroxyl groups is 2. The van der Waals surface area contributed by atoms with Crippen LogP contribution in [-0.4, -0.2) is 44.8 Å². The summed E-state index contributed by atoms with van der Waals surface area (Å²) < 4.78 is 19.6. The SMILES string of the molecule is Nc1ccn(C2O[C@H](CO)[C@@H](O)[C@@H]2F)c(=O)n1. The molecule has 8 heteroatoms. The maximum atomic E-state index is 13.7. The Balaban J connectivity index is 2.32. The smallest absolute Gasteiger partial charge is 0.351 e. The number of alkyl halides is 1. The van der Waals surface area contributed by atoms with E-state index in [-0.39, 0.29) is 5.82 Å². The lowest BCUT2D eigenvalue weighted by atomic mass is 10.1. The molecule has 0 bridgehead atoms. The minimum Gasteiger partial charge on any atom is -0.394 e. The number of hydrogen-bond donors (Lipinski definition) is 3. The molecule has 1 aromatic rings. The van der Waals surface area contributed by atoms with Gasteiger partial charge in [0, 0.05) is 6.20 Å². The molecule has 1 saturated heterocycles. The molecule has 0 amide bonds. The number of ether oxygens (including phenoxy) is 1. The molecule has 17 heavy (non-hydrogen) atoms. The maximum absolute atomic E-state index is 13.7. The first-order valence-electron chi connectivity index (χ1n) is 4.97. The van der Waals surface area contributed by atoms with Gasteiger partial charge in [0.2, 0.25) is 0 Å². The van der Waals surface area contributed by atoms with E-state index in [4.69, 9.17) is 15.6 Å². The van der Waals surface area contributed by atoms with E-state index in [0.717, 1.165) is 4.57 Å². The first kappa shape index (κ1) is 12.0. The molecule has 0 radical (unpaired) electrons. The molecule has 1 fully saturated rings. The third-order valence-electron chi connectivity index (χ3n) is 2.60. The van der Waals surface area contributed by atoms with Gasteiger partial charge in [0.1, 0.15) is 18.0 Å². The lowest BCUT2D eigenvalue weighted by Gasteiger charge is -2.15. The normalized spacial score (nSPS) is 32.9. The molecule has 0 aliphatic carbocycles. The van der Waals surface area contributed by atoms with E-state index in [0.29, 0.717) is 0 Å². The Kier molecular flexibility index (Phi) is 3.09. The number of nitrogen functional groups attached to an aromatic ring is 1. The van der Waals surface area contributed by atoms with Crippen LogP contribution in [-0.2, 0) is 4.74 Å². The van der Waals surface area contributed by atoms with Gasteiger partial charge in [-0.15, -0.1) is 0 Å². The maximum Gasteiger partial charge on any atom is 0.351 e. The van der Waals surface area contributed by atoms with Gasteiger partial charge in [0.05, 0.1) is 6.61 Å². The molecule has 0 aromatic carbocycles. The first-order chi connectivity index (χ1) is 8.04. The van der Waals surface area contributed by atoms with Crippen molar-refractivity contribution >= 4 is 5.82 Å². The minimum absolute atomic E-state index is 0.0129. The summed E-state index contributed by atoms with van der Waals surface area (Å²) in [7, 11) is 0. The monoisotopic (exact) mass is 245 g/mol. The standard InChI is InChI=1S/C9H12FN3O4/c10-6-7(15)4(3-14)17-8(6)13-2-1-5(11)12-9(13)16/h1-2,4,6-8,14-15H,3H2,(H2,11,12,16)/t4-,6+,7-,8?/m1/s1. The number of rotatable bonds is 2. The highest BCUT2D eigenvalue weighted by Crippen LogP contribution is 2.30. The van der Waals surface area contributed by atoms with Crippen molar-refractivity contribution in [3.05, 3.63) is 22.7 Å². The number of halogens is 1. The number of nitrogens with zero attached hydrogens (tertiary/aromatic N) is 2. The van der Waals surface area contributed by atoms with Gasteiger partial charge in [-0.25, -0.2) is 9.18 Å². The van der Waals surface area contributed by atoms with E-state index in [1.54, 1.807) is 0 Å². The zero-order valence-electron chi connectivity index (χ0n) is 8.73. The van der Waals surface area contributed by atoms with Crippen molar-refractivity contribution in [3.63, 3.8) is 0 Å². The molecule has 94 valence electrons. The minimum atomic E-state index is -1.81. The molecule has 2 heterocycles. The summed E-state index contributed by atoms with van der Waals surface area (Å²) in [4.78, 5) is 14.9. The predicted octanol–water partition coefficient (Wildman–Crippen LogP) is -1.59. The Labute approximate surface area is 95.3 Å². The van der Waals surface area contributed by atoms with Gasteiger partial charge in [-0.05, 0) is 6.07 Å². The van der Waals surface area contributed by atoms with Crippen LogP contribution >= 0.6 is 0 Å². The summed E-state index contributed by atoms with van der Waals surface area (Å²) in [6, 6.07) is 1.32. The van der Waals surface area contributed by atoms with Crippen LogP contribution in [0.5, 0.6) is 0 Å². The van der Waals surface area contributed by atoms with E-state index < -0.39 is 36.9 Å². The highest BCUT2D eigenvalue weighted by atomic mass is 19.1. The zero-order chi connectivity index (χ0) is 12.6. The summed E-state index contributed by atoms with van der Waals surface area (Å²) in [5.74, 6) is 0.0129. The van der Waals surface area contributed by atoms with Crippen LogP contribution in [0.3, 0.4) is 0 Å². The van der Waals surface area contributed by atoms with Crippen molar-refractivity contribution in [1.29, 1.82) is 0 Å². The largest absolute Gasteiger partial charge is 0.394 e. The second kappa shape index (κ2) is 4.40. The molecule has 4 N–H and O–H groups in total. The number of hydrogen-bond acceptors (Lipinski definition) is 6. The molecular weight excluding hydrogens is 233 g/mol. The van der Waals surface area contributed by atoms with Crippen LogP contribution in [0.2, 0.25) is 0 Å². The second-order valence-corrected chi connectivity index (χ2v) is 3.72. The molecule has 1 aliphatic rings. The number of anilines is 1. The summed E-state index contributed by atoms with van der Waals surface area (Å²) >= 11 is 0. The van der Waals surface area contributed by atoms with Crippen molar-refractivity contribution in [1.82, 2.24) is 9.55 Å². The van der Waals surface area contributed by atoms with E-state index in [2.05, 4.69) is 4.98 Å². The average molecular weight is 245 g/mol. The number of aliphatic hydroxyl groups excluding tert-OH is 2. The molecule has 0 saturated carbocycles. The van der Waals surface area contributed by atoms with E-state index in [1.165, 1.54) is 12.3 Å². The average Bonchev–Trinajstić information content (AvgIpc) is 2.57. The van der Waals surface area contributed by atoms with Crippen LogP contribution in [0.4, 0.5) is 10.2 Å². The molecular formula is C9H12FN3O4. The molecule has 1 aromatic heterocycles. The van der Waals surface area contributed by atoms with Crippen molar-refractivity contribution in [3.8, 4) is 0 Å². The van der Waals surface area contributed by atoms with Gasteiger partial charge in [0.15, 0.2) is 12.4 Å². The van der Waals surface area contributed by atoms with Crippen LogP contribution < -0.4 is 11.4 Å². The lowest BCUT2D eigenvalue weighted by molar-refractivity contribution is -0.0490. The summed E-state index contributed by atoms with van der Waals surface area (Å²) in [5.41, 5.74) is 4.52. The summed E-state index contributed by atoms with van der Waals surface area (Å²) in [6.07, 6.45) is -4.42. The van der Waals surface area contributed by atoms with E-state index in [1.807, 2.05) is 0 Å².